The van der Waals surface area contributed by atoms with Crippen LogP contribution in [0.15, 0.2) is 12.2 Å². The van der Waals surface area contributed by atoms with Gasteiger partial charge in [0.2, 0.25) is 0 Å². The van der Waals surface area contributed by atoms with Crippen molar-refractivity contribution in [2.24, 2.45) is 23.7 Å². The highest BCUT2D eigenvalue weighted by Gasteiger charge is 2.45. The second-order valence-corrected chi connectivity index (χ2v) is 3.67. The number of fused-ring (bicyclic) bond motifs is 2. The molecule has 4 atom stereocenters. The minimum Gasteiger partial charge on any atom is -0.481 e. The van der Waals surface area contributed by atoms with Gasteiger partial charge in [-0.05, 0) is 24.2 Å². The van der Waals surface area contributed by atoms with Crippen molar-refractivity contribution >= 4 is 5.97 Å². The van der Waals surface area contributed by atoms with Crippen molar-refractivity contribution in [1.82, 2.24) is 0 Å². The molecule has 11 heavy (non-hydrogen) atoms. The van der Waals surface area contributed by atoms with Crippen LogP contribution in [0.4, 0.5) is 0 Å². The van der Waals surface area contributed by atoms with Gasteiger partial charge in [0.15, 0.2) is 0 Å². The van der Waals surface area contributed by atoms with E-state index in [4.69, 9.17) is 5.11 Å². The molecule has 0 spiro atoms. The lowest BCUT2D eigenvalue weighted by molar-refractivity contribution is -0.144. The highest BCUT2D eigenvalue weighted by molar-refractivity contribution is 5.72. The molecule has 2 aliphatic carbocycles. The number of rotatable bonds is 1. The number of hydrogen-bond donors (Lipinski definition) is 1. The van der Waals surface area contributed by atoms with E-state index >= 15 is 0 Å². The Morgan fingerprint density at radius 3 is 2.45 bits per heavy atom. The van der Waals surface area contributed by atoms with Crippen LogP contribution in [0.25, 0.3) is 0 Å². The first-order valence-corrected chi connectivity index (χ1v) is 4.11. The maximum absolute atomic E-state index is 10.8. The summed E-state index contributed by atoms with van der Waals surface area (Å²) in [6.07, 6.45) is 5.32. The smallest absolute Gasteiger partial charge is 0.307 e. The molecule has 2 nitrogen and oxygen atoms in total. The summed E-state index contributed by atoms with van der Waals surface area (Å²) in [4.78, 5) is 10.8. The van der Waals surface area contributed by atoms with Crippen LogP contribution in [0, 0.1) is 23.7 Å². The Morgan fingerprint density at radius 1 is 1.45 bits per heavy atom. The Balaban J connectivity index is 2.25. The summed E-state index contributed by atoms with van der Waals surface area (Å²) in [5, 5.41) is 8.87. The largest absolute Gasteiger partial charge is 0.481 e. The number of carboxylic acid groups (broad SMARTS) is 1. The molecule has 0 saturated heterocycles. The third-order valence-electron chi connectivity index (χ3n) is 3.14. The first-order chi connectivity index (χ1) is 5.20. The molecule has 2 rings (SSSR count). The van der Waals surface area contributed by atoms with Crippen LogP contribution in [0.3, 0.4) is 0 Å². The quantitative estimate of drug-likeness (QED) is 0.578. The van der Waals surface area contributed by atoms with Crippen molar-refractivity contribution in [3.8, 4) is 0 Å². The second kappa shape index (κ2) is 2.10. The summed E-state index contributed by atoms with van der Waals surface area (Å²) in [7, 11) is 0. The van der Waals surface area contributed by atoms with Gasteiger partial charge in [-0.3, -0.25) is 4.79 Å². The molecule has 0 aromatic heterocycles. The van der Waals surface area contributed by atoms with Gasteiger partial charge in [0.25, 0.3) is 0 Å². The summed E-state index contributed by atoms with van der Waals surface area (Å²) < 4.78 is 0. The van der Waals surface area contributed by atoms with Gasteiger partial charge < -0.3 is 5.11 Å². The molecule has 0 aromatic rings. The van der Waals surface area contributed by atoms with Crippen molar-refractivity contribution < 1.29 is 9.90 Å². The third-order valence-corrected chi connectivity index (χ3v) is 3.14. The monoisotopic (exact) mass is 152 g/mol. The van der Waals surface area contributed by atoms with Gasteiger partial charge in [0.05, 0.1) is 5.92 Å². The van der Waals surface area contributed by atoms with Crippen LogP contribution >= 0.6 is 0 Å². The SMILES string of the molecule is C[C@@H]1[C@H](C(=O)O)[C@@H]2C=C[C@H]1C2. The molecule has 0 unspecified atom stereocenters. The fourth-order valence-electron chi connectivity index (χ4n) is 2.48. The molecule has 0 aromatic carbocycles. The van der Waals surface area contributed by atoms with E-state index in [1.807, 2.05) is 6.92 Å². The zero-order valence-corrected chi connectivity index (χ0v) is 6.53. The number of allylic oxidation sites excluding steroid dienone is 2. The van der Waals surface area contributed by atoms with Crippen LogP contribution in [-0.2, 0) is 4.79 Å². The van der Waals surface area contributed by atoms with Crippen molar-refractivity contribution in [3.63, 3.8) is 0 Å². The maximum atomic E-state index is 10.8. The maximum Gasteiger partial charge on any atom is 0.307 e. The zero-order chi connectivity index (χ0) is 8.01. The van der Waals surface area contributed by atoms with Gasteiger partial charge in [-0.1, -0.05) is 19.1 Å². The normalized spacial score (nSPS) is 46.6. The van der Waals surface area contributed by atoms with E-state index in [0.717, 1.165) is 6.42 Å². The van der Waals surface area contributed by atoms with E-state index in [-0.39, 0.29) is 5.92 Å². The molecular weight excluding hydrogens is 140 g/mol. The molecule has 0 heterocycles. The fourth-order valence-corrected chi connectivity index (χ4v) is 2.48. The Hall–Kier alpha value is -0.790. The van der Waals surface area contributed by atoms with Gasteiger partial charge in [0.1, 0.15) is 0 Å². The molecule has 1 N–H and O–H groups in total. The first kappa shape index (κ1) is 6.89. The first-order valence-electron chi connectivity index (χ1n) is 4.11. The minimum absolute atomic E-state index is 0.106. The van der Waals surface area contributed by atoms with E-state index in [1.165, 1.54) is 0 Å². The Morgan fingerprint density at radius 2 is 2.09 bits per heavy atom. The molecule has 1 fully saturated rings. The van der Waals surface area contributed by atoms with E-state index < -0.39 is 5.97 Å². The van der Waals surface area contributed by atoms with Gasteiger partial charge in [-0.25, -0.2) is 0 Å². The Kier molecular flexibility index (Phi) is 1.31. The standard InChI is InChI=1S/C9H12O2/c1-5-6-2-3-7(4-6)8(5)9(10)11/h2-3,5-8H,4H2,1H3,(H,10,11)/t5-,6-,7+,8-/m0/s1. The summed E-state index contributed by atoms with van der Waals surface area (Å²) in [5.74, 6) is 0.496. The lowest BCUT2D eigenvalue weighted by atomic mass is 9.85. The highest BCUT2D eigenvalue weighted by atomic mass is 16.4. The van der Waals surface area contributed by atoms with Crippen LogP contribution in [0.5, 0.6) is 0 Å². The molecule has 0 radical (unpaired) electrons. The second-order valence-electron chi connectivity index (χ2n) is 3.67. The topological polar surface area (TPSA) is 37.3 Å². The summed E-state index contributed by atoms with van der Waals surface area (Å²) in [6, 6.07) is 0. The third kappa shape index (κ3) is 0.817. The number of aliphatic carboxylic acids is 1. The van der Waals surface area contributed by atoms with Crippen LogP contribution in [0.1, 0.15) is 13.3 Å². The van der Waals surface area contributed by atoms with Crippen LogP contribution in [-0.4, -0.2) is 11.1 Å². The van der Waals surface area contributed by atoms with Crippen LogP contribution in [0.2, 0.25) is 0 Å². The minimum atomic E-state index is -0.616. The molecule has 0 aliphatic heterocycles. The number of carbonyl (C=O) groups is 1. The van der Waals surface area contributed by atoms with Crippen molar-refractivity contribution in [3.05, 3.63) is 12.2 Å². The summed E-state index contributed by atoms with van der Waals surface area (Å²) >= 11 is 0. The van der Waals surface area contributed by atoms with Crippen molar-refractivity contribution in [2.45, 2.75) is 13.3 Å². The highest BCUT2D eigenvalue weighted by Crippen LogP contribution is 2.47. The summed E-state index contributed by atoms with van der Waals surface area (Å²) in [5.41, 5.74) is 0. The van der Waals surface area contributed by atoms with E-state index in [9.17, 15) is 4.79 Å². The summed E-state index contributed by atoms with van der Waals surface area (Å²) in [6.45, 7) is 2.05. The molecule has 60 valence electrons. The molecule has 1 saturated carbocycles. The van der Waals surface area contributed by atoms with E-state index in [0.29, 0.717) is 17.8 Å². The van der Waals surface area contributed by atoms with E-state index in [1.54, 1.807) is 0 Å². The lowest BCUT2D eigenvalue weighted by Gasteiger charge is -2.19. The van der Waals surface area contributed by atoms with Crippen molar-refractivity contribution in [2.75, 3.05) is 0 Å². The number of hydrogen-bond acceptors (Lipinski definition) is 1. The predicted octanol–water partition coefficient (Wildman–Crippen LogP) is 1.53. The lowest BCUT2D eigenvalue weighted by Crippen LogP contribution is -2.25. The van der Waals surface area contributed by atoms with E-state index in [2.05, 4.69) is 12.2 Å². The number of carboxylic acids is 1. The average molecular weight is 152 g/mol. The van der Waals surface area contributed by atoms with Gasteiger partial charge in [-0.2, -0.15) is 0 Å². The average Bonchev–Trinajstić information content (AvgIpc) is 2.44. The van der Waals surface area contributed by atoms with Gasteiger partial charge in [-0.15, -0.1) is 0 Å². The molecule has 0 amide bonds. The zero-order valence-electron chi connectivity index (χ0n) is 6.53. The Bertz CT molecular complexity index is 220. The Labute approximate surface area is 65.9 Å². The fraction of sp³-hybridized carbons (Fsp3) is 0.667. The van der Waals surface area contributed by atoms with Gasteiger partial charge >= 0.3 is 5.97 Å². The van der Waals surface area contributed by atoms with Crippen LogP contribution < -0.4 is 0 Å². The molecular formula is C9H12O2. The van der Waals surface area contributed by atoms with Gasteiger partial charge in [0, 0.05) is 0 Å². The molecule has 2 heteroatoms. The van der Waals surface area contributed by atoms with Crippen molar-refractivity contribution in [1.29, 1.82) is 0 Å². The predicted molar refractivity (Wildman–Crippen MR) is 41.0 cm³/mol. The molecule has 2 bridgehead atoms. The molecule has 2 aliphatic rings.